The van der Waals surface area contributed by atoms with E-state index in [1.165, 1.54) is 25.7 Å². The predicted octanol–water partition coefficient (Wildman–Crippen LogP) is 4.09. The lowest BCUT2D eigenvalue weighted by molar-refractivity contribution is 0.0526. The topological polar surface area (TPSA) is 67.3 Å². The molecule has 1 N–H and O–H groups in total. The fourth-order valence-corrected chi connectivity index (χ4v) is 3.10. The fourth-order valence-electron chi connectivity index (χ4n) is 3.10. The molecular formula is C20H26N4O2. The second kappa shape index (κ2) is 8.65. The lowest BCUT2D eigenvalue weighted by Crippen LogP contribution is -2.25. The van der Waals surface area contributed by atoms with E-state index in [1.54, 1.807) is 19.1 Å². The van der Waals surface area contributed by atoms with E-state index in [9.17, 15) is 4.79 Å². The number of hydrogen-bond acceptors (Lipinski definition) is 6. The van der Waals surface area contributed by atoms with Gasteiger partial charge in [-0.05, 0) is 51.0 Å². The third kappa shape index (κ3) is 4.71. The molecule has 0 unspecified atom stereocenters. The van der Waals surface area contributed by atoms with Crippen LogP contribution in [-0.2, 0) is 4.74 Å². The number of nitrogens with zero attached hydrogens (tertiary/aromatic N) is 3. The Kier molecular flexibility index (Phi) is 6.04. The van der Waals surface area contributed by atoms with Gasteiger partial charge in [-0.25, -0.2) is 9.78 Å². The number of anilines is 3. The Morgan fingerprint density at radius 1 is 1.12 bits per heavy atom. The molecule has 1 fully saturated rings. The van der Waals surface area contributed by atoms with Crippen LogP contribution in [0.4, 0.5) is 17.5 Å². The van der Waals surface area contributed by atoms with E-state index in [0.717, 1.165) is 30.3 Å². The number of ether oxygens (including phenoxy) is 1. The molecule has 6 nitrogen and oxygen atoms in total. The Morgan fingerprint density at radius 3 is 2.46 bits per heavy atom. The maximum absolute atomic E-state index is 11.7. The van der Waals surface area contributed by atoms with E-state index >= 15 is 0 Å². The number of hydrogen-bond donors (Lipinski definition) is 1. The third-order valence-corrected chi connectivity index (χ3v) is 4.42. The van der Waals surface area contributed by atoms with Gasteiger partial charge in [-0.2, -0.15) is 4.98 Å². The number of carbonyl (C=O) groups excluding carboxylic acids is 1. The third-order valence-electron chi connectivity index (χ3n) is 4.42. The standard InChI is InChI=1S/C20H26N4O2/c1-3-26-19(25)16-8-10-17(11-9-16)22-20-21-15(2)14-18(23-20)24-12-6-4-5-7-13-24/h8-11,14H,3-7,12-13H2,1-2H3,(H,21,22,23). The van der Waals surface area contributed by atoms with Gasteiger partial charge in [0.15, 0.2) is 0 Å². The highest BCUT2D eigenvalue weighted by Gasteiger charge is 2.13. The normalized spacial score (nSPS) is 14.6. The Labute approximate surface area is 154 Å². The molecule has 0 bridgehead atoms. The summed E-state index contributed by atoms with van der Waals surface area (Å²) < 4.78 is 5.01. The summed E-state index contributed by atoms with van der Waals surface area (Å²) in [6.07, 6.45) is 5.00. The van der Waals surface area contributed by atoms with Crippen molar-refractivity contribution in [1.29, 1.82) is 0 Å². The van der Waals surface area contributed by atoms with Crippen LogP contribution in [-0.4, -0.2) is 35.6 Å². The molecule has 0 amide bonds. The van der Waals surface area contributed by atoms with E-state index in [0.29, 0.717) is 18.1 Å². The zero-order chi connectivity index (χ0) is 18.4. The molecular weight excluding hydrogens is 328 g/mol. The predicted molar refractivity (Wildman–Crippen MR) is 103 cm³/mol. The van der Waals surface area contributed by atoms with Crippen molar-refractivity contribution in [2.75, 3.05) is 29.9 Å². The Balaban J connectivity index is 1.74. The van der Waals surface area contributed by atoms with Crippen molar-refractivity contribution in [3.05, 3.63) is 41.6 Å². The number of benzene rings is 1. The van der Waals surface area contributed by atoms with E-state index < -0.39 is 0 Å². The highest BCUT2D eigenvalue weighted by molar-refractivity contribution is 5.89. The van der Waals surface area contributed by atoms with Gasteiger partial charge in [0.25, 0.3) is 0 Å². The van der Waals surface area contributed by atoms with Crippen molar-refractivity contribution >= 4 is 23.4 Å². The lowest BCUT2D eigenvalue weighted by atomic mass is 10.2. The summed E-state index contributed by atoms with van der Waals surface area (Å²) in [5, 5.41) is 3.24. The van der Waals surface area contributed by atoms with Crippen molar-refractivity contribution in [2.45, 2.75) is 39.5 Å². The van der Waals surface area contributed by atoms with Gasteiger partial charge < -0.3 is 15.0 Å². The van der Waals surface area contributed by atoms with Gasteiger partial charge in [0.1, 0.15) is 5.82 Å². The summed E-state index contributed by atoms with van der Waals surface area (Å²) >= 11 is 0. The van der Waals surface area contributed by atoms with Crippen molar-refractivity contribution in [2.24, 2.45) is 0 Å². The van der Waals surface area contributed by atoms with Gasteiger partial charge in [0.2, 0.25) is 5.95 Å². The van der Waals surface area contributed by atoms with Crippen molar-refractivity contribution in [3.8, 4) is 0 Å². The maximum atomic E-state index is 11.7. The average molecular weight is 354 g/mol. The smallest absolute Gasteiger partial charge is 0.338 e. The highest BCUT2D eigenvalue weighted by Crippen LogP contribution is 2.21. The van der Waals surface area contributed by atoms with Gasteiger partial charge in [-0.15, -0.1) is 0 Å². The van der Waals surface area contributed by atoms with Gasteiger partial charge in [-0.3, -0.25) is 0 Å². The summed E-state index contributed by atoms with van der Waals surface area (Å²) in [6.45, 7) is 6.24. The summed E-state index contributed by atoms with van der Waals surface area (Å²) in [4.78, 5) is 23.3. The molecule has 2 heterocycles. The van der Waals surface area contributed by atoms with E-state index in [2.05, 4.69) is 15.2 Å². The summed E-state index contributed by atoms with van der Waals surface area (Å²) in [6, 6.07) is 9.20. The van der Waals surface area contributed by atoms with Gasteiger partial charge in [0.05, 0.1) is 12.2 Å². The molecule has 26 heavy (non-hydrogen) atoms. The molecule has 1 aromatic heterocycles. The molecule has 1 aromatic carbocycles. The van der Waals surface area contributed by atoms with Crippen LogP contribution in [0.25, 0.3) is 0 Å². The van der Waals surface area contributed by atoms with Crippen LogP contribution in [0.5, 0.6) is 0 Å². The Bertz CT molecular complexity index is 738. The van der Waals surface area contributed by atoms with E-state index in [-0.39, 0.29) is 5.97 Å². The van der Waals surface area contributed by atoms with Crippen LogP contribution >= 0.6 is 0 Å². The number of esters is 1. The Morgan fingerprint density at radius 2 is 1.81 bits per heavy atom. The number of rotatable bonds is 5. The van der Waals surface area contributed by atoms with E-state index in [4.69, 9.17) is 9.72 Å². The second-order valence-electron chi connectivity index (χ2n) is 6.52. The molecule has 2 aromatic rings. The molecule has 3 rings (SSSR count). The molecule has 0 aliphatic carbocycles. The van der Waals surface area contributed by atoms with E-state index in [1.807, 2.05) is 25.1 Å². The first kappa shape index (κ1) is 18.2. The monoisotopic (exact) mass is 354 g/mol. The molecule has 0 atom stereocenters. The number of nitrogens with one attached hydrogen (secondary N) is 1. The average Bonchev–Trinajstić information content (AvgIpc) is 2.91. The fraction of sp³-hybridized carbons (Fsp3) is 0.450. The lowest BCUT2D eigenvalue weighted by Gasteiger charge is -2.22. The zero-order valence-corrected chi connectivity index (χ0v) is 15.5. The molecule has 0 radical (unpaired) electrons. The quantitative estimate of drug-likeness (QED) is 0.816. The molecule has 6 heteroatoms. The van der Waals surface area contributed by atoms with Crippen LogP contribution in [0.2, 0.25) is 0 Å². The van der Waals surface area contributed by atoms with Crippen LogP contribution in [0.3, 0.4) is 0 Å². The SMILES string of the molecule is CCOC(=O)c1ccc(Nc2nc(C)cc(N3CCCCCC3)n2)cc1. The minimum absolute atomic E-state index is 0.311. The Hall–Kier alpha value is -2.63. The van der Waals surface area contributed by atoms with Crippen LogP contribution < -0.4 is 10.2 Å². The molecule has 138 valence electrons. The molecule has 1 aliphatic rings. The minimum Gasteiger partial charge on any atom is -0.462 e. The molecule has 1 saturated heterocycles. The minimum atomic E-state index is -0.311. The van der Waals surface area contributed by atoms with Crippen LogP contribution in [0.1, 0.15) is 48.7 Å². The van der Waals surface area contributed by atoms with Crippen molar-refractivity contribution in [1.82, 2.24) is 9.97 Å². The molecule has 1 aliphatic heterocycles. The zero-order valence-electron chi connectivity index (χ0n) is 15.5. The second-order valence-corrected chi connectivity index (χ2v) is 6.52. The first-order valence-electron chi connectivity index (χ1n) is 9.30. The van der Waals surface area contributed by atoms with Gasteiger partial charge in [-0.1, -0.05) is 12.8 Å². The van der Waals surface area contributed by atoms with Gasteiger partial charge in [0, 0.05) is 30.5 Å². The van der Waals surface area contributed by atoms with Crippen LogP contribution in [0.15, 0.2) is 30.3 Å². The summed E-state index contributed by atoms with van der Waals surface area (Å²) in [5.41, 5.74) is 2.31. The van der Waals surface area contributed by atoms with Crippen molar-refractivity contribution in [3.63, 3.8) is 0 Å². The number of aryl methyl sites for hydroxylation is 1. The molecule has 0 saturated carbocycles. The number of carbonyl (C=O) groups is 1. The van der Waals surface area contributed by atoms with Crippen LogP contribution in [0, 0.1) is 6.92 Å². The maximum Gasteiger partial charge on any atom is 0.338 e. The summed E-state index contributed by atoms with van der Waals surface area (Å²) in [7, 11) is 0. The largest absolute Gasteiger partial charge is 0.462 e. The first-order chi connectivity index (χ1) is 12.7. The number of aromatic nitrogens is 2. The summed E-state index contributed by atoms with van der Waals surface area (Å²) in [5.74, 6) is 1.24. The molecule has 0 spiro atoms. The van der Waals surface area contributed by atoms with Gasteiger partial charge >= 0.3 is 5.97 Å². The van der Waals surface area contributed by atoms with Crippen molar-refractivity contribution < 1.29 is 9.53 Å². The highest BCUT2D eigenvalue weighted by atomic mass is 16.5. The first-order valence-corrected chi connectivity index (χ1v) is 9.30.